The molecular weight excluding hydrogens is 304 g/mol. The fourth-order valence-electron chi connectivity index (χ4n) is 2.12. The zero-order valence-electron chi connectivity index (χ0n) is 12.2. The molecule has 1 heterocycles. The SMILES string of the molecule is COC(=O)c1cccc(Cn2cc(Cl)cc(C(C)=O)c2=N)c1. The molecule has 0 bridgehead atoms. The standard InChI is InChI=1S/C16H15ClN2O3/c1-10(20)14-7-13(17)9-19(15(14)18)8-11-4-3-5-12(6-11)16(21)22-2/h3-7,9,18H,8H2,1-2H3. The number of ether oxygens (including phenoxy) is 1. The van der Waals surface area contributed by atoms with Crippen LogP contribution in [0, 0.1) is 5.41 Å². The number of Topliss-reactive ketones (excluding diaryl/α,β-unsaturated/α-hetero) is 1. The maximum absolute atomic E-state index is 11.6. The Bertz CT molecular complexity index is 796. The topological polar surface area (TPSA) is 72.2 Å². The van der Waals surface area contributed by atoms with Gasteiger partial charge in [0, 0.05) is 12.7 Å². The van der Waals surface area contributed by atoms with Crippen molar-refractivity contribution in [3.63, 3.8) is 0 Å². The summed E-state index contributed by atoms with van der Waals surface area (Å²) in [7, 11) is 1.32. The number of nitrogens with one attached hydrogen (secondary N) is 1. The third kappa shape index (κ3) is 3.43. The lowest BCUT2D eigenvalue weighted by Gasteiger charge is -2.11. The Morgan fingerprint density at radius 3 is 2.68 bits per heavy atom. The summed E-state index contributed by atoms with van der Waals surface area (Å²) in [6.07, 6.45) is 1.58. The number of hydrogen-bond donors (Lipinski definition) is 1. The number of nitrogens with zero attached hydrogens (tertiary/aromatic N) is 1. The average molecular weight is 319 g/mol. The molecule has 0 fully saturated rings. The van der Waals surface area contributed by atoms with Gasteiger partial charge in [0.1, 0.15) is 5.49 Å². The highest BCUT2D eigenvalue weighted by atomic mass is 35.5. The number of carbonyl (C=O) groups is 2. The van der Waals surface area contributed by atoms with Crippen LogP contribution in [0.2, 0.25) is 5.02 Å². The first kappa shape index (κ1) is 16.0. The number of ketones is 1. The molecule has 5 nitrogen and oxygen atoms in total. The van der Waals surface area contributed by atoms with Crippen LogP contribution in [0.3, 0.4) is 0 Å². The number of esters is 1. The number of rotatable bonds is 4. The van der Waals surface area contributed by atoms with Crippen LogP contribution in [0.4, 0.5) is 0 Å². The number of methoxy groups -OCH3 is 1. The molecule has 0 saturated carbocycles. The molecule has 0 saturated heterocycles. The highest BCUT2D eigenvalue weighted by Gasteiger charge is 2.09. The van der Waals surface area contributed by atoms with Crippen molar-refractivity contribution >= 4 is 23.4 Å². The van der Waals surface area contributed by atoms with E-state index in [9.17, 15) is 9.59 Å². The van der Waals surface area contributed by atoms with E-state index in [1.807, 2.05) is 6.07 Å². The summed E-state index contributed by atoms with van der Waals surface area (Å²) in [5.41, 5.74) is 1.58. The van der Waals surface area contributed by atoms with Crippen molar-refractivity contribution < 1.29 is 14.3 Å². The van der Waals surface area contributed by atoms with Crippen LogP contribution in [0.5, 0.6) is 0 Å². The van der Waals surface area contributed by atoms with Crippen LogP contribution in [-0.4, -0.2) is 23.4 Å². The van der Waals surface area contributed by atoms with Gasteiger partial charge in [0.2, 0.25) is 0 Å². The van der Waals surface area contributed by atoms with E-state index in [0.29, 0.717) is 17.1 Å². The van der Waals surface area contributed by atoms with Gasteiger partial charge in [0.25, 0.3) is 0 Å². The first-order chi connectivity index (χ1) is 10.4. The monoisotopic (exact) mass is 318 g/mol. The van der Waals surface area contributed by atoms with Crippen LogP contribution in [0.1, 0.15) is 33.2 Å². The molecule has 0 radical (unpaired) electrons. The van der Waals surface area contributed by atoms with Gasteiger partial charge >= 0.3 is 5.97 Å². The first-order valence-corrected chi connectivity index (χ1v) is 6.93. The number of benzene rings is 1. The van der Waals surface area contributed by atoms with Gasteiger partial charge in [0.15, 0.2) is 5.78 Å². The summed E-state index contributed by atoms with van der Waals surface area (Å²) >= 11 is 6.01. The van der Waals surface area contributed by atoms with E-state index in [-0.39, 0.29) is 16.8 Å². The van der Waals surface area contributed by atoms with E-state index < -0.39 is 5.97 Å². The molecule has 0 atom stereocenters. The van der Waals surface area contributed by atoms with Crippen LogP contribution in [0.15, 0.2) is 36.5 Å². The Kier molecular flexibility index (Phi) is 4.78. The lowest BCUT2D eigenvalue weighted by Crippen LogP contribution is -2.26. The highest BCUT2D eigenvalue weighted by molar-refractivity contribution is 6.30. The molecule has 1 aromatic heterocycles. The summed E-state index contributed by atoms with van der Waals surface area (Å²) in [6.45, 7) is 1.72. The zero-order chi connectivity index (χ0) is 16.3. The van der Waals surface area contributed by atoms with Crippen LogP contribution in [-0.2, 0) is 11.3 Å². The molecule has 0 aliphatic heterocycles. The molecule has 114 valence electrons. The van der Waals surface area contributed by atoms with Crippen LogP contribution >= 0.6 is 11.6 Å². The summed E-state index contributed by atoms with van der Waals surface area (Å²) < 4.78 is 6.25. The van der Waals surface area contributed by atoms with Crippen molar-refractivity contribution in [2.24, 2.45) is 0 Å². The molecule has 2 aromatic rings. The van der Waals surface area contributed by atoms with Gasteiger partial charge in [-0.25, -0.2) is 4.79 Å². The van der Waals surface area contributed by atoms with E-state index >= 15 is 0 Å². The third-order valence-corrected chi connectivity index (χ3v) is 3.39. The fourth-order valence-corrected chi connectivity index (χ4v) is 2.34. The van der Waals surface area contributed by atoms with Gasteiger partial charge in [-0.1, -0.05) is 23.7 Å². The van der Waals surface area contributed by atoms with Crippen LogP contribution in [0.25, 0.3) is 0 Å². The molecule has 1 N–H and O–H groups in total. The van der Waals surface area contributed by atoms with Gasteiger partial charge in [-0.2, -0.15) is 0 Å². The number of hydrogen-bond acceptors (Lipinski definition) is 4. The van der Waals surface area contributed by atoms with Gasteiger partial charge < -0.3 is 9.30 Å². The first-order valence-electron chi connectivity index (χ1n) is 6.55. The van der Waals surface area contributed by atoms with Gasteiger partial charge in [0.05, 0.1) is 23.3 Å². The Labute approximate surface area is 132 Å². The average Bonchev–Trinajstić information content (AvgIpc) is 2.49. The molecule has 6 heteroatoms. The largest absolute Gasteiger partial charge is 0.465 e. The van der Waals surface area contributed by atoms with Gasteiger partial charge in [-0.05, 0) is 30.7 Å². The second-order valence-electron chi connectivity index (χ2n) is 4.80. The summed E-state index contributed by atoms with van der Waals surface area (Å²) in [5, 5.41) is 8.47. The number of carbonyl (C=O) groups excluding carboxylic acids is 2. The number of aromatic nitrogens is 1. The minimum absolute atomic E-state index is 0.0837. The van der Waals surface area contributed by atoms with Gasteiger partial charge in [-0.3, -0.25) is 10.2 Å². The van der Waals surface area contributed by atoms with E-state index in [2.05, 4.69) is 4.74 Å². The lowest BCUT2D eigenvalue weighted by molar-refractivity contribution is 0.0600. The Morgan fingerprint density at radius 2 is 2.05 bits per heavy atom. The van der Waals surface area contributed by atoms with Crippen LogP contribution < -0.4 is 5.49 Å². The molecule has 0 spiro atoms. The predicted molar refractivity (Wildman–Crippen MR) is 82.2 cm³/mol. The highest BCUT2D eigenvalue weighted by Crippen LogP contribution is 2.11. The quantitative estimate of drug-likeness (QED) is 0.696. The van der Waals surface area contributed by atoms with Gasteiger partial charge in [-0.15, -0.1) is 0 Å². The molecule has 1 aromatic carbocycles. The summed E-state index contributed by atoms with van der Waals surface area (Å²) in [4.78, 5) is 23.1. The van der Waals surface area contributed by atoms with Crippen molar-refractivity contribution in [2.45, 2.75) is 13.5 Å². The molecule has 0 aliphatic rings. The predicted octanol–water partition coefficient (Wildman–Crippen LogP) is 2.66. The Hall–Kier alpha value is -2.40. The second-order valence-corrected chi connectivity index (χ2v) is 5.23. The van der Waals surface area contributed by atoms with E-state index in [1.54, 1.807) is 29.0 Å². The molecule has 0 unspecified atom stereocenters. The normalized spacial score (nSPS) is 10.3. The molecule has 0 aliphatic carbocycles. The van der Waals surface area contributed by atoms with E-state index in [4.69, 9.17) is 17.0 Å². The Balaban J connectivity index is 2.41. The van der Waals surface area contributed by atoms with Crippen molar-refractivity contribution in [3.8, 4) is 0 Å². The number of pyridine rings is 1. The third-order valence-electron chi connectivity index (χ3n) is 3.18. The summed E-state index contributed by atoms with van der Waals surface area (Å²) in [5.74, 6) is -0.641. The van der Waals surface area contributed by atoms with Crippen molar-refractivity contribution in [2.75, 3.05) is 7.11 Å². The maximum atomic E-state index is 11.6. The minimum Gasteiger partial charge on any atom is -0.465 e. The fraction of sp³-hybridized carbons (Fsp3) is 0.188. The second kappa shape index (κ2) is 6.58. The summed E-state index contributed by atoms with van der Waals surface area (Å²) in [6, 6.07) is 8.39. The van der Waals surface area contributed by atoms with E-state index in [0.717, 1.165) is 5.56 Å². The zero-order valence-corrected chi connectivity index (χ0v) is 13.0. The lowest BCUT2D eigenvalue weighted by atomic mass is 10.1. The van der Waals surface area contributed by atoms with Crippen molar-refractivity contribution in [1.29, 1.82) is 5.41 Å². The molecular formula is C16H15ClN2O3. The maximum Gasteiger partial charge on any atom is 0.337 e. The molecule has 0 amide bonds. The Morgan fingerprint density at radius 1 is 1.32 bits per heavy atom. The molecule has 2 rings (SSSR count). The van der Waals surface area contributed by atoms with Crippen molar-refractivity contribution in [3.05, 3.63) is 63.7 Å². The smallest absolute Gasteiger partial charge is 0.337 e. The van der Waals surface area contributed by atoms with Crippen molar-refractivity contribution in [1.82, 2.24) is 4.57 Å². The van der Waals surface area contributed by atoms with E-state index in [1.165, 1.54) is 20.1 Å². The number of halogens is 1. The minimum atomic E-state index is -0.423. The molecule has 22 heavy (non-hydrogen) atoms.